The van der Waals surface area contributed by atoms with Gasteiger partial charge in [-0.1, -0.05) is 12.1 Å². The highest BCUT2D eigenvalue weighted by Gasteiger charge is 2.17. The Bertz CT molecular complexity index is 401. The summed E-state index contributed by atoms with van der Waals surface area (Å²) < 4.78 is 26.1. The van der Waals surface area contributed by atoms with E-state index in [1.165, 1.54) is 12.1 Å². The predicted molar refractivity (Wildman–Crippen MR) is 58.7 cm³/mol. The standard InChI is InChI=1S/C10H15N2O2S/c1-9(12(2)3)11-15(13,14)10-7-5-4-6-8-10/h5-9,11H,1-3H3. The lowest BCUT2D eigenvalue weighted by Crippen LogP contribution is -2.42. The molecule has 15 heavy (non-hydrogen) atoms. The van der Waals surface area contributed by atoms with Gasteiger partial charge in [-0.05, 0) is 39.2 Å². The Hall–Kier alpha value is -0.910. The molecule has 0 amide bonds. The Kier molecular flexibility index (Phi) is 3.84. The number of sulfonamides is 1. The smallest absolute Gasteiger partial charge is 0.241 e. The van der Waals surface area contributed by atoms with Crippen molar-refractivity contribution in [2.24, 2.45) is 0 Å². The van der Waals surface area contributed by atoms with Crippen molar-refractivity contribution in [1.82, 2.24) is 9.62 Å². The van der Waals surface area contributed by atoms with Crippen molar-refractivity contribution in [1.29, 1.82) is 0 Å². The van der Waals surface area contributed by atoms with Crippen LogP contribution >= 0.6 is 0 Å². The van der Waals surface area contributed by atoms with Gasteiger partial charge in [0.25, 0.3) is 0 Å². The third kappa shape index (κ3) is 3.30. The van der Waals surface area contributed by atoms with Crippen molar-refractivity contribution in [2.45, 2.75) is 18.0 Å². The van der Waals surface area contributed by atoms with E-state index in [1.54, 1.807) is 24.0 Å². The molecule has 0 aliphatic heterocycles. The highest BCUT2D eigenvalue weighted by Crippen LogP contribution is 2.07. The van der Waals surface area contributed by atoms with Crippen LogP contribution in [0.5, 0.6) is 0 Å². The zero-order valence-corrected chi connectivity index (χ0v) is 9.88. The summed E-state index contributed by atoms with van der Waals surface area (Å²) >= 11 is 0. The molecule has 1 unspecified atom stereocenters. The van der Waals surface area contributed by atoms with E-state index >= 15 is 0 Å². The van der Waals surface area contributed by atoms with Gasteiger partial charge in [0.1, 0.15) is 0 Å². The number of rotatable bonds is 4. The summed E-state index contributed by atoms with van der Waals surface area (Å²) in [5.41, 5.74) is 0. The van der Waals surface area contributed by atoms with Gasteiger partial charge in [-0.2, -0.15) is 4.72 Å². The molecule has 1 aromatic carbocycles. The molecule has 83 valence electrons. The molecule has 0 aliphatic rings. The molecule has 1 rings (SSSR count). The lowest BCUT2D eigenvalue weighted by atomic mass is 10.4. The predicted octanol–water partition coefficient (Wildman–Crippen LogP) is 0.673. The van der Waals surface area contributed by atoms with E-state index in [-0.39, 0.29) is 11.1 Å². The Morgan fingerprint density at radius 3 is 2.33 bits per heavy atom. The number of nitrogens with zero attached hydrogens (tertiary/aromatic N) is 1. The van der Waals surface area contributed by atoms with Crippen LogP contribution in [-0.2, 0) is 10.0 Å². The molecule has 5 heteroatoms. The van der Waals surface area contributed by atoms with E-state index in [9.17, 15) is 8.42 Å². The maximum atomic E-state index is 11.8. The molecule has 0 spiro atoms. The molecular weight excluding hydrogens is 212 g/mol. The molecule has 0 saturated carbocycles. The highest BCUT2D eigenvalue weighted by molar-refractivity contribution is 7.89. The van der Waals surface area contributed by atoms with Gasteiger partial charge in [-0.25, -0.2) is 8.42 Å². The third-order valence-electron chi connectivity index (χ3n) is 2.10. The second-order valence-corrected chi connectivity index (χ2v) is 5.21. The third-order valence-corrected chi connectivity index (χ3v) is 3.64. The molecule has 4 nitrogen and oxygen atoms in total. The van der Waals surface area contributed by atoms with Crippen molar-refractivity contribution in [3.8, 4) is 0 Å². The first-order valence-electron chi connectivity index (χ1n) is 4.58. The summed E-state index contributed by atoms with van der Waals surface area (Å²) in [6.07, 6.45) is -0.237. The topological polar surface area (TPSA) is 49.4 Å². The van der Waals surface area contributed by atoms with Crippen molar-refractivity contribution in [3.63, 3.8) is 0 Å². The zero-order chi connectivity index (χ0) is 11.5. The average molecular weight is 227 g/mol. The van der Waals surface area contributed by atoms with Crippen LogP contribution in [0.1, 0.15) is 6.92 Å². The number of hydrogen-bond acceptors (Lipinski definition) is 3. The summed E-state index contributed by atoms with van der Waals surface area (Å²) in [4.78, 5) is 2.04. The summed E-state index contributed by atoms with van der Waals surface area (Å²) in [6, 6.07) is 8.97. The molecule has 0 aromatic heterocycles. The molecule has 0 fully saturated rings. The molecule has 0 bridgehead atoms. The lowest BCUT2D eigenvalue weighted by Gasteiger charge is -2.20. The second-order valence-electron chi connectivity index (χ2n) is 3.50. The van der Waals surface area contributed by atoms with Gasteiger partial charge in [0.05, 0.1) is 11.1 Å². The van der Waals surface area contributed by atoms with Crippen LogP contribution in [0.3, 0.4) is 0 Å². The molecule has 0 heterocycles. The first-order valence-corrected chi connectivity index (χ1v) is 6.06. The largest absolute Gasteiger partial charge is 0.294 e. The summed E-state index contributed by atoms with van der Waals surface area (Å²) in [7, 11) is 0.207. The molecule has 0 aliphatic carbocycles. The van der Waals surface area contributed by atoms with Crippen LogP contribution in [0.4, 0.5) is 0 Å². The first kappa shape index (κ1) is 12.2. The van der Waals surface area contributed by atoms with E-state index < -0.39 is 10.0 Å². The Balaban J connectivity index is 2.86. The van der Waals surface area contributed by atoms with Gasteiger partial charge in [-0.3, -0.25) is 4.90 Å². The minimum atomic E-state index is -3.42. The highest BCUT2D eigenvalue weighted by atomic mass is 32.2. The van der Waals surface area contributed by atoms with Gasteiger partial charge in [0.2, 0.25) is 10.0 Å². The van der Waals surface area contributed by atoms with Gasteiger partial charge >= 0.3 is 0 Å². The van der Waals surface area contributed by atoms with Crippen LogP contribution in [0.15, 0.2) is 29.2 Å². The summed E-state index contributed by atoms with van der Waals surface area (Å²) in [6.45, 7) is 1.78. The van der Waals surface area contributed by atoms with Crippen LogP contribution in [0, 0.1) is 6.07 Å². The fraction of sp³-hybridized carbons (Fsp3) is 0.400. The van der Waals surface area contributed by atoms with Crippen molar-refractivity contribution < 1.29 is 8.42 Å². The van der Waals surface area contributed by atoms with Gasteiger partial charge < -0.3 is 0 Å². The van der Waals surface area contributed by atoms with E-state index in [0.717, 1.165) is 0 Å². The first-order chi connectivity index (χ1) is 6.93. The SMILES string of the molecule is CC(NS(=O)(=O)c1cc[c]cc1)N(C)C. The van der Waals surface area contributed by atoms with E-state index in [0.29, 0.717) is 0 Å². The van der Waals surface area contributed by atoms with E-state index in [2.05, 4.69) is 10.8 Å². The maximum Gasteiger partial charge on any atom is 0.241 e. The van der Waals surface area contributed by atoms with Crippen LogP contribution in [0.25, 0.3) is 0 Å². The normalized spacial score (nSPS) is 14.1. The Morgan fingerprint density at radius 1 is 1.33 bits per heavy atom. The van der Waals surface area contributed by atoms with Crippen molar-refractivity contribution in [3.05, 3.63) is 30.3 Å². The van der Waals surface area contributed by atoms with Crippen LogP contribution in [-0.4, -0.2) is 33.6 Å². The number of nitrogens with one attached hydrogen (secondary N) is 1. The molecule has 1 N–H and O–H groups in total. The van der Waals surface area contributed by atoms with E-state index in [1.807, 2.05) is 14.1 Å². The van der Waals surface area contributed by atoms with Gasteiger partial charge in [-0.15, -0.1) is 0 Å². The van der Waals surface area contributed by atoms with E-state index in [4.69, 9.17) is 0 Å². The van der Waals surface area contributed by atoms with Gasteiger partial charge in [0, 0.05) is 0 Å². The monoisotopic (exact) mass is 227 g/mol. The van der Waals surface area contributed by atoms with Crippen LogP contribution in [0.2, 0.25) is 0 Å². The fourth-order valence-corrected chi connectivity index (χ4v) is 2.24. The quantitative estimate of drug-likeness (QED) is 0.769. The Morgan fingerprint density at radius 2 is 1.87 bits per heavy atom. The molecule has 1 aromatic rings. The minimum absolute atomic E-state index is 0.237. The minimum Gasteiger partial charge on any atom is -0.294 e. The summed E-state index contributed by atoms with van der Waals surface area (Å²) in [5.74, 6) is 0. The zero-order valence-electron chi connectivity index (χ0n) is 9.06. The van der Waals surface area contributed by atoms with Crippen LogP contribution < -0.4 is 4.72 Å². The average Bonchev–Trinajstić information content (AvgIpc) is 2.18. The maximum absolute atomic E-state index is 11.8. The second kappa shape index (κ2) is 4.74. The van der Waals surface area contributed by atoms with Crippen molar-refractivity contribution >= 4 is 10.0 Å². The molecular formula is C10H15N2O2S. The fourth-order valence-electron chi connectivity index (χ4n) is 0.949. The van der Waals surface area contributed by atoms with Crippen molar-refractivity contribution in [2.75, 3.05) is 14.1 Å². The molecule has 1 radical (unpaired) electrons. The Labute approximate surface area is 91.0 Å². The number of hydrogen-bond donors (Lipinski definition) is 1. The van der Waals surface area contributed by atoms with Gasteiger partial charge in [0.15, 0.2) is 0 Å². The summed E-state index contributed by atoms with van der Waals surface area (Å²) in [5, 5.41) is 0. The lowest BCUT2D eigenvalue weighted by molar-refractivity contribution is 0.298. The molecule has 0 saturated heterocycles. The number of benzene rings is 1. The molecule has 1 atom stereocenters.